The Labute approximate surface area is 119 Å². The van der Waals surface area contributed by atoms with E-state index in [1.165, 1.54) is 11.1 Å². The average Bonchev–Trinajstić information content (AvgIpc) is 2.38. The molecule has 0 unspecified atom stereocenters. The lowest BCUT2D eigenvalue weighted by Gasteiger charge is -2.12. The van der Waals surface area contributed by atoms with Crippen LogP contribution in [0.2, 0.25) is 0 Å². The number of aromatic nitrogens is 1. The number of aryl methyl sites for hydroxylation is 1. The number of rotatable bonds is 4. The highest BCUT2D eigenvalue weighted by molar-refractivity contribution is 5.93. The van der Waals surface area contributed by atoms with Crippen molar-refractivity contribution in [3.63, 3.8) is 0 Å². The highest BCUT2D eigenvalue weighted by Crippen LogP contribution is 2.27. The van der Waals surface area contributed by atoms with Gasteiger partial charge in [-0.05, 0) is 42.2 Å². The van der Waals surface area contributed by atoms with Gasteiger partial charge in [-0.3, -0.25) is 10.4 Å². The SMILES string of the molecule is Cc1cc(Oc2ccnc(C(=N)N)c2)ccc1C(C)C. The molecule has 2 aromatic rings. The zero-order valence-electron chi connectivity index (χ0n) is 12.0. The molecule has 0 saturated heterocycles. The topological polar surface area (TPSA) is 72.0 Å². The van der Waals surface area contributed by atoms with E-state index >= 15 is 0 Å². The fourth-order valence-corrected chi connectivity index (χ4v) is 2.12. The molecule has 0 atom stereocenters. The lowest BCUT2D eigenvalue weighted by atomic mass is 9.98. The number of benzene rings is 1. The molecular weight excluding hydrogens is 250 g/mol. The van der Waals surface area contributed by atoms with Crippen LogP contribution in [0.3, 0.4) is 0 Å². The lowest BCUT2D eigenvalue weighted by Crippen LogP contribution is -2.12. The molecule has 4 heteroatoms. The first kappa shape index (κ1) is 14.1. The molecule has 0 amide bonds. The van der Waals surface area contributed by atoms with Crippen molar-refractivity contribution in [2.45, 2.75) is 26.7 Å². The minimum atomic E-state index is -0.0678. The molecule has 4 nitrogen and oxygen atoms in total. The van der Waals surface area contributed by atoms with Crippen LogP contribution in [0.15, 0.2) is 36.5 Å². The molecule has 0 spiro atoms. The van der Waals surface area contributed by atoms with Crippen LogP contribution in [-0.4, -0.2) is 10.8 Å². The molecule has 20 heavy (non-hydrogen) atoms. The number of nitrogens with one attached hydrogen (secondary N) is 1. The molecule has 104 valence electrons. The van der Waals surface area contributed by atoms with Crippen LogP contribution < -0.4 is 10.5 Å². The maximum absolute atomic E-state index is 7.38. The van der Waals surface area contributed by atoms with Crippen molar-refractivity contribution in [3.05, 3.63) is 53.3 Å². The second kappa shape index (κ2) is 5.74. The summed E-state index contributed by atoms with van der Waals surface area (Å²) >= 11 is 0. The van der Waals surface area contributed by atoms with Gasteiger partial charge in [0, 0.05) is 12.3 Å². The molecule has 0 aliphatic carbocycles. The molecule has 0 saturated carbocycles. The minimum Gasteiger partial charge on any atom is -0.457 e. The molecule has 0 aliphatic rings. The first-order valence-corrected chi connectivity index (χ1v) is 6.56. The zero-order valence-corrected chi connectivity index (χ0v) is 12.0. The van der Waals surface area contributed by atoms with Crippen LogP contribution in [0.25, 0.3) is 0 Å². The molecule has 2 rings (SSSR count). The molecule has 1 heterocycles. The van der Waals surface area contributed by atoms with Crippen molar-refractivity contribution in [3.8, 4) is 11.5 Å². The van der Waals surface area contributed by atoms with Gasteiger partial charge in [0.2, 0.25) is 0 Å². The summed E-state index contributed by atoms with van der Waals surface area (Å²) in [6, 6.07) is 9.47. The van der Waals surface area contributed by atoms with Gasteiger partial charge in [0.15, 0.2) is 0 Å². The second-order valence-corrected chi connectivity index (χ2v) is 5.07. The molecule has 0 bridgehead atoms. The maximum atomic E-state index is 7.38. The minimum absolute atomic E-state index is 0.0678. The molecule has 3 N–H and O–H groups in total. The fraction of sp³-hybridized carbons (Fsp3) is 0.250. The number of ether oxygens (including phenoxy) is 1. The molecule has 1 aromatic heterocycles. The number of hydrogen-bond acceptors (Lipinski definition) is 3. The van der Waals surface area contributed by atoms with Crippen molar-refractivity contribution in [1.82, 2.24) is 4.98 Å². The van der Waals surface area contributed by atoms with Gasteiger partial charge < -0.3 is 10.5 Å². The van der Waals surface area contributed by atoms with E-state index in [1.54, 1.807) is 18.3 Å². The summed E-state index contributed by atoms with van der Waals surface area (Å²) in [6.45, 7) is 6.42. The van der Waals surface area contributed by atoms with Crippen LogP contribution >= 0.6 is 0 Å². The maximum Gasteiger partial charge on any atom is 0.141 e. The Balaban J connectivity index is 2.24. The third-order valence-corrected chi connectivity index (χ3v) is 3.11. The van der Waals surface area contributed by atoms with Crippen LogP contribution in [0.4, 0.5) is 0 Å². The molecule has 0 fully saturated rings. The van der Waals surface area contributed by atoms with E-state index in [-0.39, 0.29) is 5.84 Å². The van der Waals surface area contributed by atoms with Crippen molar-refractivity contribution >= 4 is 5.84 Å². The van der Waals surface area contributed by atoms with Gasteiger partial charge in [0.25, 0.3) is 0 Å². The third kappa shape index (κ3) is 3.15. The Hall–Kier alpha value is -2.36. The Bertz CT molecular complexity index is 635. The van der Waals surface area contributed by atoms with E-state index in [0.717, 1.165) is 5.75 Å². The summed E-state index contributed by atoms with van der Waals surface area (Å²) in [5.74, 6) is 1.82. The average molecular weight is 269 g/mol. The number of hydrogen-bond donors (Lipinski definition) is 2. The summed E-state index contributed by atoms with van der Waals surface area (Å²) in [6.07, 6.45) is 1.58. The van der Waals surface area contributed by atoms with Gasteiger partial charge >= 0.3 is 0 Å². The monoisotopic (exact) mass is 269 g/mol. The normalized spacial score (nSPS) is 10.6. The number of nitrogens with zero attached hydrogens (tertiary/aromatic N) is 1. The number of pyridine rings is 1. The summed E-state index contributed by atoms with van der Waals surface area (Å²) in [5.41, 5.74) is 8.36. The van der Waals surface area contributed by atoms with Gasteiger partial charge in [-0.2, -0.15) is 0 Å². The second-order valence-electron chi connectivity index (χ2n) is 5.07. The first-order valence-electron chi connectivity index (χ1n) is 6.56. The summed E-state index contributed by atoms with van der Waals surface area (Å²) in [7, 11) is 0. The Morgan fingerprint density at radius 3 is 2.50 bits per heavy atom. The lowest BCUT2D eigenvalue weighted by molar-refractivity contribution is 0.481. The summed E-state index contributed by atoms with van der Waals surface area (Å²) < 4.78 is 5.79. The number of nitrogen functional groups attached to an aromatic ring is 1. The van der Waals surface area contributed by atoms with Crippen LogP contribution in [-0.2, 0) is 0 Å². The third-order valence-electron chi connectivity index (χ3n) is 3.11. The van der Waals surface area contributed by atoms with Gasteiger partial charge in [0.1, 0.15) is 23.0 Å². The standard InChI is InChI=1S/C16H19N3O/c1-10(2)14-5-4-12(8-11(14)3)20-13-6-7-19-15(9-13)16(17)18/h4-10H,1-3H3,(H3,17,18). The molecule has 0 aliphatic heterocycles. The largest absolute Gasteiger partial charge is 0.457 e. The van der Waals surface area contributed by atoms with Crippen molar-refractivity contribution in [1.29, 1.82) is 5.41 Å². The van der Waals surface area contributed by atoms with Gasteiger partial charge in [-0.25, -0.2) is 0 Å². The predicted octanol–water partition coefficient (Wildman–Crippen LogP) is 3.59. The van der Waals surface area contributed by atoms with E-state index in [2.05, 4.69) is 31.8 Å². The molecule has 0 radical (unpaired) electrons. The van der Waals surface area contributed by atoms with Gasteiger partial charge in [-0.15, -0.1) is 0 Å². The molecular formula is C16H19N3O. The number of amidine groups is 1. The smallest absolute Gasteiger partial charge is 0.141 e. The quantitative estimate of drug-likeness (QED) is 0.658. The van der Waals surface area contributed by atoms with E-state index in [9.17, 15) is 0 Å². The summed E-state index contributed by atoms with van der Waals surface area (Å²) in [5, 5.41) is 7.38. The zero-order chi connectivity index (χ0) is 14.7. The van der Waals surface area contributed by atoms with E-state index in [0.29, 0.717) is 17.4 Å². The van der Waals surface area contributed by atoms with Gasteiger partial charge in [0.05, 0.1) is 0 Å². The van der Waals surface area contributed by atoms with Crippen molar-refractivity contribution in [2.24, 2.45) is 5.73 Å². The van der Waals surface area contributed by atoms with Crippen LogP contribution in [0.5, 0.6) is 11.5 Å². The van der Waals surface area contributed by atoms with E-state index in [4.69, 9.17) is 15.9 Å². The van der Waals surface area contributed by atoms with E-state index < -0.39 is 0 Å². The summed E-state index contributed by atoms with van der Waals surface area (Å²) in [4.78, 5) is 4.01. The van der Waals surface area contributed by atoms with Crippen LogP contribution in [0.1, 0.15) is 36.6 Å². The Morgan fingerprint density at radius 1 is 1.20 bits per heavy atom. The van der Waals surface area contributed by atoms with Gasteiger partial charge in [-0.1, -0.05) is 19.9 Å². The Morgan fingerprint density at radius 2 is 1.90 bits per heavy atom. The predicted molar refractivity (Wildman–Crippen MR) is 80.6 cm³/mol. The van der Waals surface area contributed by atoms with Crippen molar-refractivity contribution < 1.29 is 4.74 Å². The highest BCUT2D eigenvalue weighted by atomic mass is 16.5. The Kier molecular flexibility index (Phi) is 4.03. The first-order chi connectivity index (χ1) is 9.47. The van der Waals surface area contributed by atoms with Crippen molar-refractivity contribution in [2.75, 3.05) is 0 Å². The van der Waals surface area contributed by atoms with Crippen LogP contribution in [0, 0.1) is 12.3 Å². The molecule has 1 aromatic carbocycles. The number of nitrogens with two attached hydrogens (primary N) is 1. The highest BCUT2D eigenvalue weighted by Gasteiger charge is 2.06. The van der Waals surface area contributed by atoms with E-state index in [1.807, 2.05) is 12.1 Å². The fourth-order valence-electron chi connectivity index (χ4n) is 2.12.